The van der Waals surface area contributed by atoms with E-state index in [1.165, 1.54) is 42.7 Å². The summed E-state index contributed by atoms with van der Waals surface area (Å²) in [7, 11) is 2.16. The van der Waals surface area contributed by atoms with Gasteiger partial charge in [-0.05, 0) is 55.8 Å². The minimum atomic E-state index is 0.463. The smallest absolute Gasteiger partial charge is 0.127 e. The van der Waals surface area contributed by atoms with Crippen LogP contribution in [-0.2, 0) is 7.05 Å². The summed E-state index contributed by atoms with van der Waals surface area (Å²) in [6.07, 6.45) is 4.17. The van der Waals surface area contributed by atoms with Gasteiger partial charge in [0.1, 0.15) is 5.82 Å². The van der Waals surface area contributed by atoms with Crippen LogP contribution in [0.2, 0.25) is 0 Å². The standard InChI is InChI=1S/C16H21N3/c1-10-6-7-14-13(8-10)18-16(19(14)2)15-12-5-3-4-11(12)9-17-15/h6-8,11-12,15,17H,3-5,9H2,1-2H3. The van der Waals surface area contributed by atoms with Crippen LogP contribution in [0.5, 0.6) is 0 Å². The van der Waals surface area contributed by atoms with Gasteiger partial charge in [-0.2, -0.15) is 0 Å². The lowest BCUT2D eigenvalue weighted by Gasteiger charge is -2.17. The van der Waals surface area contributed by atoms with E-state index in [1.807, 2.05) is 0 Å². The van der Waals surface area contributed by atoms with Crippen molar-refractivity contribution in [3.05, 3.63) is 29.6 Å². The van der Waals surface area contributed by atoms with Crippen molar-refractivity contribution in [2.75, 3.05) is 6.54 Å². The quantitative estimate of drug-likeness (QED) is 0.849. The molecule has 0 bridgehead atoms. The molecule has 3 unspecified atom stereocenters. The molecule has 1 aromatic heterocycles. The maximum atomic E-state index is 4.92. The highest BCUT2D eigenvalue weighted by Gasteiger charge is 2.41. The first-order valence-corrected chi connectivity index (χ1v) is 7.40. The fourth-order valence-electron chi connectivity index (χ4n) is 4.08. The highest BCUT2D eigenvalue weighted by atomic mass is 15.1. The second-order valence-electron chi connectivity index (χ2n) is 6.26. The lowest BCUT2D eigenvalue weighted by Crippen LogP contribution is -2.21. The van der Waals surface area contributed by atoms with Gasteiger partial charge in [0.05, 0.1) is 17.1 Å². The summed E-state index contributed by atoms with van der Waals surface area (Å²) in [5.41, 5.74) is 3.68. The number of aromatic nitrogens is 2. The molecule has 100 valence electrons. The Morgan fingerprint density at radius 2 is 2.21 bits per heavy atom. The summed E-state index contributed by atoms with van der Waals surface area (Å²) in [5.74, 6) is 2.91. The van der Waals surface area contributed by atoms with Crippen molar-refractivity contribution in [3.63, 3.8) is 0 Å². The van der Waals surface area contributed by atoms with E-state index in [9.17, 15) is 0 Å². The maximum Gasteiger partial charge on any atom is 0.127 e. The normalized spacial score (nSPS) is 30.1. The van der Waals surface area contributed by atoms with Gasteiger partial charge in [-0.25, -0.2) is 4.98 Å². The Labute approximate surface area is 114 Å². The predicted octanol–water partition coefficient (Wildman–Crippen LogP) is 2.94. The van der Waals surface area contributed by atoms with E-state index in [2.05, 4.69) is 42.1 Å². The summed E-state index contributed by atoms with van der Waals surface area (Å²) in [6.45, 7) is 3.31. The van der Waals surface area contributed by atoms with E-state index in [0.29, 0.717) is 6.04 Å². The van der Waals surface area contributed by atoms with Crippen LogP contribution >= 0.6 is 0 Å². The Hall–Kier alpha value is -1.35. The lowest BCUT2D eigenvalue weighted by atomic mass is 9.94. The Bertz CT molecular complexity index is 628. The molecule has 3 atom stereocenters. The molecule has 1 aliphatic carbocycles. The van der Waals surface area contributed by atoms with Gasteiger partial charge < -0.3 is 9.88 Å². The minimum absolute atomic E-state index is 0.463. The van der Waals surface area contributed by atoms with Crippen LogP contribution in [0.15, 0.2) is 18.2 Å². The highest BCUT2D eigenvalue weighted by Crippen LogP contribution is 2.44. The van der Waals surface area contributed by atoms with Crippen LogP contribution in [0, 0.1) is 18.8 Å². The van der Waals surface area contributed by atoms with E-state index in [1.54, 1.807) is 0 Å². The third-order valence-electron chi connectivity index (χ3n) is 5.10. The predicted molar refractivity (Wildman–Crippen MR) is 77.0 cm³/mol. The molecule has 1 N–H and O–H groups in total. The second kappa shape index (κ2) is 4.07. The van der Waals surface area contributed by atoms with Gasteiger partial charge in [0.25, 0.3) is 0 Å². The fraction of sp³-hybridized carbons (Fsp3) is 0.562. The van der Waals surface area contributed by atoms with Crippen molar-refractivity contribution < 1.29 is 0 Å². The van der Waals surface area contributed by atoms with Crippen molar-refractivity contribution in [2.45, 2.75) is 32.2 Å². The van der Waals surface area contributed by atoms with Crippen molar-refractivity contribution in [3.8, 4) is 0 Å². The van der Waals surface area contributed by atoms with E-state index < -0.39 is 0 Å². The molecule has 1 saturated heterocycles. The number of nitrogens with zero attached hydrogens (tertiary/aromatic N) is 2. The topological polar surface area (TPSA) is 29.9 Å². The van der Waals surface area contributed by atoms with Crippen LogP contribution in [0.4, 0.5) is 0 Å². The van der Waals surface area contributed by atoms with Gasteiger partial charge in [-0.15, -0.1) is 0 Å². The molecule has 4 rings (SSSR count). The number of hydrogen-bond donors (Lipinski definition) is 1. The third kappa shape index (κ3) is 1.64. The van der Waals surface area contributed by atoms with Crippen molar-refractivity contribution in [1.29, 1.82) is 0 Å². The molecule has 1 aliphatic heterocycles. The van der Waals surface area contributed by atoms with Crippen LogP contribution in [0.1, 0.15) is 36.7 Å². The summed E-state index contributed by atoms with van der Waals surface area (Å²) in [6, 6.07) is 7.03. The van der Waals surface area contributed by atoms with Crippen LogP contribution in [-0.4, -0.2) is 16.1 Å². The first kappa shape index (κ1) is 11.5. The first-order chi connectivity index (χ1) is 9.24. The molecule has 1 aromatic carbocycles. The first-order valence-electron chi connectivity index (χ1n) is 7.40. The molecule has 1 saturated carbocycles. The van der Waals surface area contributed by atoms with Gasteiger partial charge in [-0.3, -0.25) is 0 Å². The van der Waals surface area contributed by atoms with Crippen molar-refractivity contribution in [1.82, 2.24) is 14.9 Å². The molecule has 0 amide bonds. The van der Waals surface area contributed by atoms with Crippen LogP contribution in [0.3, 0.4) is 0 Å². The van der Waals surface area contributed by atoms with E-state index in [4.69, 9.17) is 4.98 Å². The Morgan fingerprint density at radius 1 is 1.32 bits per heavy atom. The van der Waals surface area contributed by atoms with Gasteiger partial charge >= 0.3 is 0 Å². The van der Waals surface area contributed by atoms with Crippen molar-refractivity contribution >= 4 is 11.0 Å². The summed E-state index contributed by atoms with van der Waals surface area (Å²) >= 11 is 0. The molecule has 2 fully saturated rings. The highest BCUT2D eigenvalue weighted by molar-refractivity contribution is 5.76. The number of benzene rings is 1. The lowest BCUT2D eigenvalue weighted by molar-refractivity contribution is 0.402. The summed E-state index contributed by atoms with van der Waals surface area (Å²) < 4.78 is 2.28. The number of hydrogen-bond acceptors (Lipinski definition) is 2. The molecule has 0 spiro atoms. The van der Waals surface area contributed by atoms with E-state index >= 15 is 0 Å². The average molecular weight is 255 g/mol. The third-order valence-corrected chi connectivity index (χ3v) is 5.10. The molecule has 19 heavy (non-hydrogen) atoms. The fourth-order valence-corrected chi connectivity index (χ4v) is 4.08. The zero-order valence-corrected chi connectivity index (χ0v) is 11.7. The number of imidazole rings is 1. The zero-order chi connectivity index (χ0) is 13.0. The molecular formula is C16H21N3. The Balaban J connectivity index is 1.80. The Morgan fingerprint density at radius 3 is 3.11 bits per heavy atom. The van der Waals surface area contributed by atoms with Crippen LogP contribution < -0.4 is 5.32 Å². The number of fused-ring (bicyclic) bond motifs is 2. The van der Waals surface area contributed by atoms with Gasteiger partial charge in [-0.1, -0.05) is 12.5 Å². The van der Waals surface area contributed by atoms with Crippen LogP contribution in [0.25, 0.3) is 11.0 Å². The largest absolute Gasteiger partial charge is 0.330 e. The SMILES string of the molecule is Cc1ccc2c(c1)nc(C1NCC3CCCC31)n2C. The maximum absolute atomic E-state index is 4.92. The monoisotopic (exact) mass is 255 g/mol. The number of nitrogens with one attached hydrogen (secondary N) is 1. The summed E-state index contributed by atoms with van der Waals surface area (Å²) in [4.78, 5) is 4.92. The van der Waals surface area contributed by atoms with Gasteiger partial charge in [0.15, 0.2) is 0 Å². The zero-order valence-electron chi connectivity index (χ0n) is 11.7. The molecule has 3 heteroatoms. The van der Waals surface area contributed by atoms with Gasteiger partial charge in [0, 0.05) is 7.05 Å². The number of rotatable bonds is 1. The molecule has 0 radical (unpaired) electrons. The van der Waals surface area contributed by atoms with Crippen molar-refractivity contribution in [2.24, 2.45) is 18.9 Å². The van der Waals surface area contributed by atoms with E-state index in [-0.39, 0.29) is 0 Å². The van der Waals surface area contributed by atoms with Gasteiger partial charge in [0.2, 0.25) is 0 Å². The molecule has 2 heterocycles. The molecule has 2 aromatic rings. The summed E-state index contributed by atoms with van der Waals surface area (Å²) in [5, 5.41) is 3.71. The molecule has 2 aliphatic rings. The second-order valence-corrected chi connectivity index (χ2v) is 6.26. The van der Waals surface area contributed by atoms with E-state index in [0.717, 1.165) is 17.4 Å². The number of aryl methyl sites for hydroxylation is 2. The average Bonchev–Trinajstić information content (AvgIpc) is 3.04. The minimum Gasteiger partial charge on any atom is -0.330 e. The molecular weight excluding hydrogens is 234 g/mol. The molecule has 3 nitrogen and oxygen atoms in total. The Kier molecular flexibility index (Phi) is 2.46.